The van der Waals surface area contributed by atoms with E-state index in [2.05, 4.69) is 10.3 Å². The van der Waals surface area contributed by atoms with Crippen molar-refractivity contribution in [3.05, 3.63) is 88.9 Å². The Kier molecular flexibility index (Phi) is 7.82. The molecule has 1 amide bonds. The zero-order valence-electron chi connectivity index (χ0n) is 18.9. The lowest BCUT2D eigenvalue weighted by molar-refractivity contribution is -0.137. The van der Waals surface area contributed by atoms with Crippen molar-refractivity contribution in [2.45, 2.75) is 44.8 Å². The van der Waals surface area contributed by atoms with Crippen molar-refractivity contribution in [3.8, 4) is 0 Å². The van der Waals surface area contributed by atoms with Gasteiger partial charge in [-0.2, -0.15) is 13.2 Å². The van der Waals surface area contributed by atoms with Crippen LogP contribution in [0.1, 0.15) is 45.9 Å². The van der Waals surface area contributed by atoms with Gasteiger partial charge in [0.1, 0.15) is 12.1 Å². The molecule has 1 atom stereocenters. The highest BCUT2D eigenvalue weighted by Gasteiger charge is 2.30. The predicted octanol–water partition coefficient (Wildman–Crippen LogP) is 4.94. The number of hydrogen-bond acceptors (Lipinski definition) is 5. The molecule has 0 bridgehead atoms. The number of hydrogen-bond donors (Lipinski definition) is 1. The maximum Gasteiger partial charge on any atom is 0.416 e. The Morgan fingerprint density at radius 3 is 2.69 bits per heavy atom. The van der Waals surface area contributed by atoms with E-state index < -0.39 is 23.5 Å². The first-order valence-electron chi connectivity index (χ1n) is 11.2. The minimum absolute atomic E-state index is 0.0194. The fourth-order valence-electron chi connectivity index (χ4n) is 3.92. The van der Waals surface area contributed by atoms with Gasteiger partial charge in [-0.15, -0.1) is 0 Å². The number of nitrogens with one attached hydrogen (secondary N) is 1. The van der Waals surface area contributed by atoms with Gasteiger partial charge in [-0.3, -0.25) is 9.69 Å². The molecular weight excluding hydrogens is 466 g/mol. The standard InChI is InChI=1S/C25H25F4N3O3/c26-21-9-2-1-6-18(21)14-32(13-17-5-3-7-19(11-17)25(27,28)29)15-23-31-22(16-35-23)24(33)30-12-20-8-4-10-34-20/h1-3,5-7,9,11,16,20H,4,8,10,12-15H2,(H,30,33)/t20-/m1/s1. The van der Waals surface area contributed by atoms with Crippen molar-refractivity contribution < 1.29 is 31.5 Å². The Labute approximate surface area is 199 Å². The number of alkyl halides is 3. The molecule has 35 heavy (non-hydrogen) atoms. The molecule has 3 aromatic rings. The molecule has 10 heteroatoms. The van der Waals surface area contributed by atoms with Gasteiger partial charge >= 0.3 is 6.18 Å². The van der Waals surface area contributed by atoms with Gasteiger partial charge in [-0.25, -0.2) is 9.37 Å². The molecule has 1 aliphatic rings. The van der Waals surface area contributed by atoms with Crippen LogP contribution in [0.5, 0.6) is 0 Å². The number of rotatable bonds is 9. The summed E-state index contributed by atoms with van der Waals surface area (Å²) in [5.74, 6) is -0.646. The molecular formula is C25H25F4N3O3. The highest BCUT2D eigenvalue weighted by molar-refractivity contribution is 5.91. The highest BCUT2D eigenvalue weighted by Crippen LogP contribution is 2.30. The van der Waals surface area contributed by atoms with Crippen LogP contribution >= 0.6 is 0 Å². The van der Waals surface area contributed by atoms with Gasteiger partial charge in [-0.1, -0.05) is 36.4 Å². The van der Waals surface area contributed by atoms with E-state index in [0.29, 0.717) is 24.3 Å². The number of ether oxygens (including phenoxy) is 1. The molecule has 1 fully saturated rings. The third kappa shape index (κ3) is 6.89. The normalized spacial score (nSPS) is 16.1. The lowest BCUT2D eigenvalue weighted by atomic mass is 10.1. The summed E-state index contributed by atoms with van der Waals surface area (Å²) in [6.07, 6.45) is -1.43. The number of carbonyl (C=O) groups excluding carboxylic acids is 1. The van der Waals surface area contributed by atoms with Crippen LogP contribution in [-0.4, -0.2) is 35.0 Å². The molecule has 4 rings (SSSR count). The second-order valence-corrected chi connectivity index (χ2v) is 8.41. The van der Waals surface area contributed by atoms with Crippen LogP contribution in [0.4, 0.5) is 17.6 Å². The van der Waals surface area contributed by atoms with Gasteiger partial charge in [0.25, 0.3) is 5.91 Å². The van der Waals surface area contributed by atoms with E-state index in [0.717, 1.165) is 25.0 Å². The SMILES string of the molecule is O=C(NC[C@H]1CCCO1)c1coc(CN(Cc2cccc(C(F)(F)F)c2)Cc2ccccc2F)n1. The average molecular weight is 491 g/mol. The van der Waals surface area contributed by atoms with Crippen molar-refractivity contribution in [1.82, 2.24) is 15.2 Å². The summed E-state index contributed by atoms with van der Waals surface area (Å²) in [6.45, 7) is 1.30. The molecule has 0 radical (unpaired) electrons. The zero-order valence-corrected chi connectivity index (χ0v) is 18.9. The maximum absolute atomic E-state index is 14.3. The summed E-state index contributed by atoms with van der Waals surface area (Å²) in [7, 11) is 0. The van der Waals surface area contributed by atoms with E-state index in [1.54, 1.807) is 29.2 Å². The number of amides is 1. The van der Waals surface area contributed by atoms with Crippen molar-refractivity contribution in [2.24, 2.45) is 0 Å². The first-order valence-corrected chi connectivity index (χ1v) is 11.2. The predicted molar refractivity (Wildman–Crippen MR) is 119 cm³/mol. The van der Waals surface area contributed by atoms with Gasteiger partial charge in [0, 0.05) is 31.8 Å². The molecule has 2 aromatic carbocycles. The van der Waals surface area contributed by atoms with Crippen LogP contribution in [0.15, 0.2) is 59.2 Å². The Morgan fingerprint density at radius 1 is 1.11 bits per heavy atom. The molecule has 6 nitrogen and oxygen atoms in total. The maximum atomic E-state index is 14.3. The number of nitrogens with zero attached hydrogens (tertiary/aromatic N) is 2. The molecule has 1 aromatic heterocycles. The second-order valence-electron chi connectivity index (χ2n) is 8.41. The number of benzene rings is 2. The smallest absolute Gasteiger partial charge is 0.416 e. The fourth-order valence-corrected chi connectivity index (χ4v) is 3.92. The lowest BCUT2D eigenvalue weighted by Gasteiger charge is -2.22. The summed E-state index contributed by atoms with van der Waals surface area (Å²) < 4.78 is 64.7. The molecule has 2 heterocycles. The summed E-state index contributed by atoms with van der Waals surface area (Å²) in [6, 6.07) is 11.1. The van der Waals surface area contributed by atoms with E-state index in [1.807, 2.05) is 0 Å². The molecule has 0 aliphatic carbocycles. The minimum Gasteiger partial charge on any atom is -0.447 e. The third-order valence-corrected chi connectivity index (χ3v) is 5.67. The fraction of sp³-hybridized carbons (Fsp3) is 0.360. The monoisotopic (exact) mass is 491 g/mol. The van der Waals surface area contributed by atoms with Crippen molar-refractivity contribution >= 4 is 5.91 Å². The van der Waals surface area contributed by atoms with Crippen molar-refractivity contribution in [3.63, 3.8) is 0 Å². The molecule has 1 saturated heterocycles. The molecule has 186 valence electrons. The third-order valence-electron chi connectivity index (χ3n) is 5.67. The van der Waals surface area contributed by atoms with E-state index in [1.165, 1.54) is 18.4 Å². The van der Waals surface area contributed by atoms with E-state index in [-0.39, 0.29) is 37.3 Å². The summed E-state index contributed by atoms with van der Waals surface area (Å²) in [5.41, 5.74) is 0.0999. The van der Waals surface area contributed by atoms with Crippen molar-refractivity contribution in [1.29, 1.82) is 0 Å². The van der Waals surface area contributed by atoms with E-state index in [4.69, 9.17) is 9.15 Å². The van der Waals surface area contributed by atoms with Gasteiger partial charge in [0.05, 0.1) is 18.2 Å². The summed E-state index contributed by atoms with van der Waals surface area (Å²) >= 11 is 0. The Hall–Kier alpha value is -3.24. The Bertz CT molecular complexity index is 1140. The van der Waals surface area contributed by atoms with Gasteiger partial charge < -0.3 is 14.5 Å². The van der Waals surface area contributed by atoms with Gasteiger partial charge in [-0.05, 0) is 30.5 Å². The van der Waals surface area contributed by atoms with E-state index in [9.17, 15) is 22.4 Å². The number of aromatic nitrogens is 1. The van der Waals surface area contributed by atoms with Crippen LogP contribution in [0.2, 0.25) is 0 Å². The van der Waals surface area contributed by atoms with Crippen LogP contribution in [0, 0.1) is 5.82 Å². The minimum atomic E-state index is -4.47. The first-order chi connectivity index (χ1) is 16.8. The Balaban J connectivity index is 1.47. The topological polar surface area (TPSA) is 67.6 Å². The quantitative estimate of drug-likeness (QED) is 0.430. The van der Waals surface area contributed by atoms with Crippen molar-refractivity contribution in [2.75, 3.05) is 13.2 Å². The highest BCUT2D eigenvalue weighted by atomic mass is 19.4. The first kappa shape index (κ1) is 24.9. The van der Waals surface area contributed by atoms with Crippen LogP contribution in [-0.2, 0) is 30.5 Å². The lowest BCUT2D eigenvalue weighted by Crippen LogP contribution is -2.32. The van der Waals surface area contributed by atoms with Crippen LogP contribution in [0.25, 0.3) is 0 Å². The summed E-state index contributed by atoms with van der Waals surface area (Å²) in [4.78, 5) is 18.3. The second kappa shape index (κ2) is 11.0. The largest absolute Gasteiger partial charge is 0.447 e. The average Bonchev–Trinajstić information content (AvgIpc) is 3.51. The molecule has 1 N–H and O–H groups in total. The molecule has 1 aliphatic heterocycles. The zero-order chi connectivity index (χ0) is 24.8. The van der Waals surface area contributed by atoms with E-state index >= 15 is 0 Å². The number of carbonyl (C=O) groups is 1. The number of halogens is 4. The Morgan fingerprint density at radius 2 is 1.94 bits per heavy atom. The molecule has 0 unspecified atom stereocenters. The van der Waals surface area contributed by atoms with Crippen LogP contribution in [0.3, 0.4) is 0 Å². The van der Waals surface area contributed by atoms with Gasteiger partial charge in [0.2, 0.25) is 5.89 Å². The van der Waals surface area contributed by atoms with Crippen LogP contribution < -0.4 is 5.32 Å². The molecule has 0 saturated carbocycles. The number of oxazole rings is 1. The summed E-state index contributed by atoms with van der Waals surface area (Å²) in [5, 5.41) is 2.76. The molecule has 0 spiro atoms. The van der Waals surface area contributed by atoms with Gasteiger partial charge in [0.15, 0.2) is 5.69 Å².